The standard InChI is InChI=1S/C15H18BrN3O2/c1-3-19-7-6-11-10(8-19)14(18-17-11)9-4-5-12(21-2)15(20)13(9)16/h4-5,20H,3,6-8H2,1-2H3,(H,17,18). The number of methoxy groups -OCH3 is 1. The van der Waals surface area contributed by atoms with E-state index < -0.39 is 0 Å². The van der Waals surface area contributed by atoms with Crippen LogP contribution in [-0.4, -0.2) is 40.4 Å². The highest BCUT2D eigenvalue weighted by Gasteiger charge is 2.24. The van der Waals surface area contributed by atoms with Crippen LogP contribution < -0.4 is 4.74 Å². The van der Waals surface area contributed by atoms with Gasteiger partial charge >= 0.3 is 0 Å². The Labute approximate surface area is 132 Å². The number of phenols is 1. The van der Waals surface area contributed by atoms with Gasteiger partial charge in [-0.15, -0.1) is 0 Å². The molecule has 0 aliphatic carbocycles. The fraction of sp³-hybridized carbons (Fsp3) is 0.400. The van der Waals surface area contributed by atoms with Crippen molar-refractivity contribution in [1.29, 1.82) is 0 Å². The fourth-order valence-corrected chi connectivity index (χ4v) is 3.25. The number of nitrogens with zero attached hydrogens (tertiary/aromatic N) is 2. The van der Waals surface area contributed by atoms with E-state index in [-0.39, 0.29) is 5.75 Å². The van der Waals surface area contributed by atoms with Gasteiger partial charge in [-0.05, 0) is 34.6 Å². The molecule has 2 heterocycles. The van der Waals surface area contributed by atoms with Crippen LogP contribution in [0.25, 0.3) is 11.3 Å². The Bertz CT molecular complexity index is 669. The van der Waals surface area contributed by atoms with Gasteiger partial charge in [0.25, 0.3) is 0 Å². The number of ether oxygens (including phenoxy) is 1. The summed E-state index contributed by atoms with van der Waals surface area (Å²) in [6.45, 7) is 5.13. The second-order valence-corrected chi connectivity index (χ2v) is 5.92. The van der Waals surface area contributed by atoms with Crippen LogP contribution in [-0.2, 0) is 13.0 Å². The largest absolute Gasteiger partial charge is 0.503 e. The van der Waals surface area contributed by atoms with Crippen molar-refractivity contribution in [2.24, 2.45) is 0 Å². The van der Waals surface area contributed by atoms with Crippen LogP contribution in [0.2, 0.25) is 0 Å². The van der Waals surface area contributed by atoms with E-state index in [1.165, 1.54) is 18.4 Å². The average Bonchev–Trinajstić information content (AvgIpc) is 2.92. The lowest BCUT2D eigenvalue weighted by Gasteiger charge is -2.25. The molecule has 112 valence electrons. The highest BCUT2D eigenvalue weighted by molar-refractivity contribution is 9.10. The molecule has 0 unspecified atom stereocenters. The first-order valence-corrected chi connectivity index (χ1v) is 7.79. The number of H-pyrrole nitrogens is 1. The van der Waals surface area contributed by atoms with Gasteiger partial charge in [0, 0.05) is 36.3 Å². The summed E-state index contributed by atoms with van der Waals surface area (Å²) in [5, 5.41) is 17.8. The van der Waals surface area contributed by atoms with Gasteiger partial charge in [-0.3, -0.25) is 10.00 Å². The Balaban J connectivity index is 2.07. The molecular weight excluding hydrogens is 334 g/mol. The summed E-state index contributed by atoms with van der Waals surface area (Å²) < 4.78 is 5.74. The third kappa shape index (κ3) is 2.42. The van der Waals surface area contributed by atoms with Gasteiger partial charge in [0.15, 0.2) is 11.5 Å². The van der Waals surface area contributed by atoms with E-state index in [2.05, 4.69) is 38.0 Å². The number of rotatable bonds is 3. The zero-order valence-corrected chi connectivity index (χ0v) is 13.7. The number of aromatic amines is 1. The normalized spacial score (nSPS) is 15.0. The number of aromatic nitrogens is 2. The number of halogens is 1. The minimum absolute atomic E-state index is 0.106. The monoisotopic (exact) mass is 351 g/mol. The van der Waals surface area contributed by atoms with Crippen molar-refractivity contribution < 1.29 is 9.84 Å². The number of phenolic OH excluding ortho intramolecular Hbond substituents is 1. The minimum Gasteiger partial charge on any atom is -0.503 e. The maximum Gasteiger partial charge on any atom is 0.172 e. The van der Waals surface area contributed by atoms with E-state index in [4.69, 9.17) is 4.74 Å². The van der Waals surface area contributed by atoms with Gasteiger partial charge < -0.3 is 9.84 Å². The maximum atomic E-state index is 10.2. The van der Waals surface area contributed by atoms with Crippen LogP contribution in [0.15, 0.2) is 16.6 Å². The molecule has 0 amide bonds. The number of aromatic hydroxyl groups is 1. The summed E-state index contributed by atoms with van der Waals surface area (Å²) in [6, 6.07) is 3.68. The molecule has 0 saturated heterocycles. The number of benzene rings is 1. The summed E-state index contributed by atoms with van der Waals surface area (Å²) in [4.78, 5) is 2.39. The van der Waals surface area contributed by atoms with Crippen molar-refractivity contribution in [1.82, 2.24) is 15.1 Å². The van der Waals surface area contributed by atoms with Crippen LogP contribution in [0.5, 0.6) is 11.5 Å². The van der Waals surface area contributed by atoms with E-state index in [9.17, 15) is 5.11 Å². The van der Waals surface area contributed by atoms with Crippen molar-refractivity contribution in [2.75, 3.05) is 20.2 Å². The molecular formula is C15H18BrN3O2. The lowest BCUT2D eigenvalue weighted by Crippen LogP contribution is -2.30. The van der Waals surface area contributed by atoms with E-state index >= 15 is 0 Å². The first-order valence-electron chi connectivity index (χ1n) is 7.00. The van der Waals surface area contributed by atoms with Gasteiger partial charge in [-0.2, -0.15) is 5.10 Å². The van der Waals surface area contributed by atoms with Gasteiger partial charge in [0.05, 0.1) is 17.3 Å². The molecule has 0 spiro atoms. The average molecular weight is 352 g/mol. The molecule has 1 aliphatic rings. The molecule has 3 rings (SSSR count). The number of fused-ring (bicyclic) bond motifs is 1. The fourth-order valence-electron chi connectivity index (χ4n) is 2.74. The van der Waals surface area contributed by atoms with Crippen molar-refractivity contribution >= 4 is 15.9 Å². The molecule has 1 aromatic carbocycles. The Morgan fingerprint density at radius 2 is 2.29 bits per heavy atom. The molecule has 21 heavy (non-hydrogen) atoms. The van der Waals surface area contributed by atoms with Crippen molar-refractivity contribution in [3.05, 3.63) is 27.9 Å². The Hall–Kier alpha value is -1.53. The summed E-state index contributed by atoms with van der Waals surface area (Å²) in [7, 11) is 1.54. The molecule has 0 fully saturated rings. The number of hydrogen-bond donors (Lipinski definition) is 2. The third-order valence-electron chi connectivity index (χ3n) is 4.01. The highest BCUT2D eigenvalue weighted by atomic mass is 79.9. The van der Waals surface area contributed by atoms with Gasteiger partial charge in [0.2, 0.25) is 0 Å². The lowest BCUT2D eigenvalue weighted by atomic mass is 10.0. The van der Waals surface area contributed by atoms with E-state index in [0.717, 1.165) is 37.3 Å². The lowest BCUT2D eigenvalue weighted by molar-refractivity contribution is 0.267. The maximum absolute atomic E-state index is 10.2. The Kier molecular flexibility index (Phi) is 3.91. The summed E-state index contributed by atoms with van der Waals surface area (Å²) in [5.74, 6) is 0.556. The molecule has 0 saturated carbocycles. The summed E-state index contributed by atoms with van der Waals surface area (Å²) >= 11 is 3.46. The molecule has 6 heteroatoms. The number of nitrogens with one attached hydrogen (secondary N) is 1. The minimum atomic E-state index is 0.106. The van der Waals surface area contributed by atoms with Crippen LogP contribution in [0.1, 0.15) is 18.2 Å². The quantitative estimate of drug-likeness (QED) is 0.892. The second kappa shape index (κ2) is 5.69. The number of hydrogen-bond acceptors (Lipinski definition) is 4. The van der Waals surface area contributed by atoms with Crippen LogP contribution in [0.4, 0.5) is 0 Å². The molecule has 2 N–H and O–H groups in total. The molecule has 1 aromatic heterocycles. The topological polar surface area (TPSA) is 61.4 Å². The van der Waals surface area contributed by atoms with Crippen molar-refractivity contribution in [3.8, 4) is 22.8 Å². The van der Waals surface area contributed by atoms with Gasteiger partial charge in [-0.25, -0.2) is 0 Å². The SMILES string of the molecule is CCN1CCc2[nH]nc(-c3ccc(OC)c(O)c3Br)c2C1. The Morgan fingerprint density at radius 3 is 3.00 bits per heavy atom. The predicted octanol–water partition coefficient (Wildman–Crippen LogP) is 2.93. The van der Waals surface area contributed by atoms with E-state index in [1.807, 2.05) is 6.07 Å². The molecule has 2 aromatic rings. The van der Waals surface area contributed by atoms with Crippen molar-refractivity contribution in [2.45, 2.75) is 19.9 Å². The first kappa shape index (κ1) is 14.4. The highest BCUT2D eigenvalue weighted by Crippen LogP contribution is 2.42. The smallest absolute Gasteiger partial charge is 0.172 e. The first-order chi connectivity index (χ1) is 10.2. The third-order valence-corrected chi connectivity index (χ3v) is 4.82. The summed E-state index contributed by atoms with van der Waals surface area (Å²) in [5.41, 5.74) is 4.18. The predicted molar refractivity (Wildman–Crippen MR) is 84.6 cm³/mol. The van der Waals surface area contributed by atoms with Crippen LogP contribution in [0, 0.1) is 0 Å². The zero-order valence-electron chi connectivity index (χ0n) is 12.1. The van der Waals surface area contributed by atoms with E-state index in [1.54, 1.807) is 6.07 Å². The van der Waals surface area contributed by atoms with Crippen molar-refractivity contribution in [3.63, 3.8) is 0 Å². The molecule has 0 atom stereocenters. The second-order valence-electron chi connectivity index (χ2n) is 5.13. The van der Waals surface area contributed by atoms with Gasteiger partial charge in [-0.1, -0.05) is 6.92 Å². The molecule has 5 nitrogen and oxygen atoms in total. The van der Waals surface area contributed by atoms with E-state index in [0.29, 0.717) is 10.2 Å². The summed E-state index contributed by atoms with van der Waals surface area (Å²) in [6.07, 6.45) is 0.982. The molecule has 0 bridgehead atoms. The van der Waals surface area contributed by atoms with Gasteiger partial charge in [0.1, 0.15) is 0 Å². The number of likely N-dealkylation sites (N-methyl/N-ethyl adjacent to an activating group) is 1. The molecule has 0 radical (unpaired) electrons. The van der Waals surface area contributed by atoms with Crippen LogP contribution >= 0.6 is 15.9 Å². The Morgan fingerprint density at radius 1 is 1.48 bits per heavy atom. The zero-order chi connectivity index (χ0) is 15.0. The van der Waals surface area contributed by atoms with Crippen LogP contribution in [0.3, 0.4) is 0 Å². The molecule has 1 aliphatic heterocycles.